The van der Waals surface area contributed by atoms with Crippen LogP contribution in [0.25, 0.3) is 28.4 Å². The van der Waals surface area contributed by atoms with Gasteiger partial charge in [0.05, 0.1) is 35.6 Å². The number of nitrogens with two attached hydrogens (primary N) is 1. The van der Waals surface area contributed by atoms with Crippen molar-refractivity contribution in [2.45, 2.75) is 39.0 Å². The smallest absolute Gasteiger partial charge is 0.352 e. The van der Waals surface area contributed by atoms with Crippen molar-refractivity contribution in [3.8, 4) is 11.4 Å². The number of aliphatic carboxylic acids is 1. The predicted molar refractivity (Wildman–Crippen MR) is 137 cm³/mol. The molecule has 0 saturated carbocycles. The molecule has 0 unspecified atom stereocenters. The molecule has 1 aromatic carbocycles. The molecule has 0 bridgehead atoms. The highest BCUT2D eigenvalue weighted by Crippen LogP contribution is 2.39. The molecule has 11 heteroatoms. The van der Waals surface area contributed by atoms with E-state index in [-0.39, 0.29) is 55.0 Å². The molecule has 11 nitrogen and oxygen atoms in total. The number of esters is 1. The van der Waals surface area contributed by atoms with Crippen molar-refractivity contribution in [2.24, 2.45) is 5.73 Å². The van der Waals surface area contributed by atoms with E-state index < -0.39 is 23.4 Å². The maximum atomic E-state index is 13.4. The number of pyridine rings is 2. The van der Waals surface area contributed by atoms with Crippen LogP contribution in [-0.4, -0.2) is 55.6 Å². The van der Waals surface area contributed by atoms with Crippen LogP contribution in [0, 0.1) is 0 Å². The van der Waals surface area contributed by atoms with Gasteiger partial charge in [0.2, 0.25) is 5.91 Å². The normalized spacial score (nSPS) is 18.0. The highest BCUT2D eigenvalue weighted by atomic mass is 16.6. The summed E-state index contributed by atoms with van der Waals surface area (Å²) in [7, 11) is 0. The van der Waals surface area contributed by atoms with Crippen LogP contribution in [-0.2, 0) is 37.9 Å². The van der Waals surface area contributed by atoms with Crippen LogP contribution in [0.2, 0.25) is 0 Å². The van der Waals surface area contributed by atoms with Gasteiger partial charge in [-0.05, 0) is 43.2 Å². The van der Waals surface area contributed by atoms with E-state index in [2.05, 4.69) is 0 Å². The van der Waals surface area contributed by atoms with E-state index in [0.717, 1.165) is 4.90 Å². The number of aliphatic hydroxyl groups is 1. The third-order valence-electron chi connectivity index (χ3n) is 7.18. The van der Waals surface area contributed by atoms with Crippen molar-refractivity contribution in [3.05, 3.63) is 68.6 Å². The first-order chi connectivity index (χ1) is 18.1. The summed E-state index contributed by atoms with van der Waals surface area (Å²) in [5, 5.41) is 21.5. The fraction of sp³-hybridized carbons (Fsp3) is 0.296. The Morgan fingerprint density at radius 2 is 2.03 bits per heavy atom. The lowest BCUT2D eigenvalue weighted by atomic mass is 9.86. The molecule has 2 aliphatic heterocycles. The Morgan fingerprint density at radius 3 is 2.68 bits per heavy atom. The second-order valence-corrected chi connectivity index (χ2v) is 9.19. The number of benzene rings is 1. The first-order valence-electron chi connectivity index (χ1n) is 12.2. The number of ether oxygens (including phenoxy) is 1. The van der Waals surface area contributed by atoms with Gasteiger partial charge in [0.1, 0.15) is 12.3 Å². The lowest BCUT2D eigenvalue weighted by Gasteiger charge is -2.31. The standard InChI is InChI=1S/C27H26N4O7/c1-3-27(37)18-10-20-23-15(12-31(20)24(33)17(18)13-38-26(27)36)8-16-14(6-5-7-19(16)29-23)9-21(25(34)35)30(4-2)22(32)11-28/h5-10,37H,3-4,11-13,28H2,1-2H3,(H,34,35)/b21-9+/t27-/m0/s1. The van der Waals surface area contributed by atoms with Crippen LogP contribution in [0.4, 0.5) is 0 Å². The SMILES string of the molecule is CCN(C(=O)CN)/C(=C/c1cccc2nc3c(cc12)Cn1c-3cc2c(c1=O)COC(=O)[C@]2(O)CC)C(=O)O. The number of carboxylic acids is 1. The van der Waals surface area contributed by atoms with Crippen molar-refractivity contribution < 1.29 is 29.3 Å². The third kappa shape index (κ3) is 3.70. The molecule has 1 amide bonds. The lowest BCUT2D eigenvalue weighted by Crippen LogP contribution is -2.44. The first-order valence-corrected chi connectivity index (χ1v) is 12.2. The van der Waals surface area contributed by atoms with Gasteiger partial charge in [0, 0.05) is 23.1 Å². The number of nitrogens with zero attached hydrogens (tertiary/aromatic N) is 3. The van der Waals surface area contributed by atoms with E-state index in [1.165, 1.54) is 10.6 Å². The van der Waals surface area contributed by atoms with Gasteiger partial charge in [-0.2, -0.15) is 0 Å². The molecule has 3 aromatic rings. The van der Waals surface area contributed by atoms with Gasteiger partial charge in [-0.25, -0.2) is 14.6 Å². The summed E-state index contributed by atoms with van der Waals surface area (Å²) in [6.07, 6.45) is 1.45. The fourth-order valence-corrected chi connectivity index (χ4v) is 5.14. The third-order valence-corrected chi connectivity index (χ3v) is 7.18. The van der Waals surface area contributed by atoms with Gasteiger partial charge in [0.15, 0.2) is 5.60 Å². The summed E-state index contributed by atoms with van der Waals surface area (Å²) < 4.78 is 6.64. The number of rotatable bonds is 6. The molecular weight excluding hydrogens is 492 g/mol. The van der Waals surface area contributed by atoms with Crippen LogP contribution in [0.15, 0.2) is 40.8 Å². The van der Waals surface area contributed by atoms with Crippen molar-refractivity contribution >= 4 is 34.8 Å². The summed E-state index contributed by atoms with van der Waals surface area (Å²) in [5.74, 6) is -2.58. The second kappa shape index (κ2) is 9.19. The van der Waals surface area contributed by atoms with Crippen molar-refractivity contribution in [1.29, 1.82) is 0 Å². The fourth-order valence-electron chi connectivity index (χ4n) is 5.14. The number of likely N-dealkylation sites (N-methyl/N-ethyl adjacent to an activating group) is 1. The minimum absolute atomic E-state index is 0.0444. The largest absolute Gasteiger partial charge is 0.477 e. The van der Waals surface area contributed by atoms with Gasteiger partial charge in [0.25, 0.3) is 5.56 Å². The molecule has 1 atom stereocenters. The van der Waals surface area contributed by atoms with Gasteiger partial charge in [-0.1, -0.05) is 19.1 Å². The number of hydrogen-bond acceptors (Lipinski definition) is 8. The number of cyclic esters (lactones) is 1. The number of aromatic nitrogens is 2. The maximum Gasteiger partial charge on any atom is 0.352 e. The lowest BCUT2D eigenvalue weighted by molar-refractivity contribution is -0.172. The highest BCUT2D eigenvalue weighted by Gasteiger charge is 2.45. The first kappa shape index (κ1) is 25.3. The zero-order chi connectivity index (χ0) is 27.4. The molecule has 4 N–H and O–H groups in total. The zero-order valence-corrected chi connectivity index (χ0v) is 20.9. The molecule has 0 spiro atoms. The zero-order valence-electron chi connectivity index (χ0n) is 20.9. The van der Waals surface area contributed by atoms with E-state index in [1.807, 2.05) is 6.07 Å². The maximum absolute atomic E-state index is 13.4. The van der Waals surface area contributed by atoms with E-state index in [1.54, 1.807) is 38.1 Å². The summed E-state index contributed by atoms with van der Waals surface area (Å²) in [5.41, 5.74) is 6.22. The van der Waals surface area contributed by atoms with Gasteiger partial charge >= 0.3 is 11.9 Å². The van der Waals surface area contributed by atoms with Crippen LogP contribution >= 0.6 is 0 Å². The highest BCUT2D eigenvalue weighted by molar-refractivity contribution is 6.00. The van der Waals surface area contributed by atoms with E-state index in [9.17, 15) is 29.4 Å². The summed E-state index contributed by atoms with van der Waals surface area (Å²) in [4.78, 5) is 55.9. The van der Waals surface area contributed by atoms with Crippen LogP contribution < -0.4 is 11.3 Å². The molecule has 0 fully saturated rings. The Hall–Kier alpha value is -4.35. The van der Waals surface area contributed by atoms with Crippen molar-refractivity contribution in [1.82, 2.24) is 14.5 Å². The summed E-state index contributed by atoms with van der Waals surface area (Å²) in [6, 6.07) is 8.67. The molecule has 5 rings (SSSR count). The number of carboxylic acid groups (broad SMARTS) is 1. The van der Waals surface area contributed by atoms with Gasteiger partial charge in [-0.3, -0.25) is 9.59 Å². The number of hydrogen-bond donors (Lipinski definition) is 3. The minimum Gasteiger partial charge on any atom is -0.477 e. The summed E-state index contributed by atoms with van der Waals surface area (Å²) >= 11 is 0. The number of carbonyl (C=O) groups is 3. The molecule has 4 heterocycles. The molecule has 2 aromatic heterocycles. The topological polar surface area (TPSA) is 165 Å². The van der Waals surface area contributed by atoms with Crippen molar-refractivity contribution in [2.75, 3.05) is 13.1 Å². The van der Waals surface area contributed by atoms with E-state index >= 15 is 0 Å². The Labute approximate surface area is 216 Å². The van der Waals surface area contributed by atoms with Gasteiger partial charge in [-0.15, -0.1) is 0 Å². The number of carbonyl (C=O) groups excluding carboxylic acids is 2. The summed E-state index contributed by atoms with van der Waals surface area (Å²) in [6.45, 7) is 3.09. The number of fused-ring (bicyclic) bond motifs is 5. The molecule has 0 saturated heterocycles. The molecule has 196 valence electrons. The minimum atomic E-state index is -1.92. The predicted octanol–water partition coefficient (Wildman–Crippen LogP) is 1.31. The van der Waals surface area contributed by atoms with Crippen molar-refractivity contribution in [3.63, 3.8) is 0 Å². The molecular formula is C27H26N4O7. The Kier molecular flexibility index (Phi) is 6.12. The molecule has 38 heavy (non-hydrogen) atoms. The van der Waals surface area contributed by atoms with Crippen LogP contribution in [0.3, 0.4) is 0 Å². The second-order valence-electron chi connectivity index (χ2n) is 9.19. The van der Waals surface area contributed by atoms with Gasteiger partial charge < -0.3 is 30.2 Å². The number of amides is 1. The molecule has 2 aliphatic rings. The van der Waals surface area contributed by atoms with E-state index in [4.69, 9.17) is 15.5 Å². The Balaban J connectivity index is 1.68. The quantitative estimate of drug-likeness (QED) is 0.252. The Morgan fingerprint density at radius 1 is 1.26 bits per heavy atom. The molecule has 0 radical (unpaired) electrons. The van der Waals surface area contributed by atoms with Crippen LogP contribution in [0.1, 0.15) is 42.5 Å². The molecule has 0 aliphatic carbocycles. The van der Waals surface area contributed by atoms with E-state index in [0.29, 0.717) is 33.4 Å². The Bertz CT molecular complexity index is 1620. The van der Waals surface area contributed by atoms with Crippen LogP contribution in [0.5, 0.6) is 0 Å². The average molecular weight is 519 g/mol. The monoisotopic (exact) mass is 518 g/mol. The average Bonchev–Trinajstić information content (AvgIpc) is 3.27.